The predicted octanol–water partition coefficient (Wildman–Crippen LogP) is 2.14. The van der Waals surface area contributed by atoms with Crippen molar-refractivity contribution in [2.75, 3.05) is 24.5 Å². The minimum Gasteiger partial charge on any atom is -0.366 e. The van der Waals surface area contributed by atoms with Gasteiger partial charge in [-0.1, -0.05) is 12.1 Å². The van der Waals surface area contributed by atoms with Gasteiger partial charge in [-0.25, -0.2) is 0 Å². The van der Waals surface area contributed by atoms with Crippen LogP contribution in [-0.4, -0.2) is 25.7 Å². The van der Waals surface area contributed by atoms with Crippen LogP contribution >= 0.6 is 0 Å². The first-order valence-electron chi connectivity index (χ1n) is 6.33. The fourth-order valence-electron chi connectivity index (χ4n) is 2.54. The van der Waals surface area contributed by atoms with Gasteiger partial charge in [0.05, 0.1) is 11.3 Å². The first-order valence-corrected chi connectivity index (χ1v) is 6.33. The molecule has 1 saturated heterocycles. The quantitative estimate of drug-likeness (QED) is 0.863. The summed E-state index contributed by atoms with van der Waals surface area (Å²) in [5, 5.41) is 12.6. The fraction of sp³-hybridized carbons (Fsp3) is 0.500. The van der Waals surface area contributed by atoms with Gasteiger partial charge in [-0.15, -0.1) is 0 Å². The van der Waals surface area contributed by atoms with Crippen molar-refractivity contribution in [1.29, 1.82) is 5.26 Å². The van der Waals surface area contributed by atoms with Gasteiger partial charge in [0.25, 0.3) is 0 Å². The van der Waals surface area contributed by atoms with Gasteiger partial charge in [-0.2, -0.15) is 5.26 Å². The van der Waals surface area contributed by atoms with Crippen LogP contribution in [0.2, 0.25) is 0 Å². The van der Waals surface area contributed by atoms with Gasteiger partial charge >= 0.3 is 0 Å². The Balaban J connectivity index is 2.25. The Morgan fingerprint density at radius 3 is 2.94 bits per heavy atom. The first kappa shape index (κ1) is 11.9. The monoisotopic (exact) mass is 229 g/mol. The molecule has 1 aliphatic heterocycles. The number of rotatable bonds is 3. The normalized spacial score (nSPS) is 19.6. The molecule has 1 aromatic carbocycles. The summed E-state index contributed by atoms with van der Waals surface area (Å²) in [6.07, 6.45) is 2.43. The molecule has 0 spiro atoms. The van der Waals surface area contributed by atoms with Crippen LogP contribution in [0.3, 0.4) is 0 Å². The molecule has 1 heterocycles. The van der Waals surface area contributed by atoms with Crippen LogP contribution in [0.15, 0.2) is 24.3 Å². The van der Waals surface area contributed by atoms with Crippen LogP contribution in [0.5, 0.6) is 0 Å². The van der Waals surface area contributed by atoms with E-state index >= 15 is 0 Å². The summed E-state index contributed by atoms with van der Waals surface area (Å²) >= 11 is 0. The summed E-state index contributed by atoms with van der Waals surface area (Å²) < 4.78 is 0. The summed E-state index contributed by atoms with van der Waals surface area (Å²) in [5.41, 5.74) is 1.85. The molecule has 1 aromatic rings. The molecule has 0 bridgehead atoms. The molecule has 0 amide bonds. The maximum absolute atomic E-state index is 9.17. The lowest BCUT2D eigenvalue weighted by atomic mass is 10.0. The molecule has 0 radical (unpaired) electrons. The molecule has 17 heavy (non-hydrogen) atoms. The standard InChI is InChI=1S/C14H19N3/c1-2-17(13-7-5-9-16-11-13)14-8-4-3-6-12(14)10-15/h3-4,6,8,13,16H,2,5,7,9,11H2,1H3. The number of likely N-dealkylation sites (N-methyl/N-ethyl adjacent to an activating group) is 1. The van der Waals surface area contributed by atoms with Crippen LogP contribution in [-0.2, 0) is 0 Å². The Morgan fingerprint density at radius 2 is 2.29 bits per heavy atom. The zero-order chi connectivity index (χ0) is 12.1. The Kier molecular flexibility index (Phi) is 4.00. The van der Waals surface area contributed by atoms with Crippen LogP contribution in [0, 0.1) is 11.3 Å². The molecule has 2 rings (SSSR count). The summed E-state index contributed by atoms with van der Waals surface area (Å²) in [7, 11) is 0. The van der Waals surface area contributed by atoms with Gasteiger partial charge in [0.1, 0.15) is 6.07 Å². The molecule has 0 saturated carbocycles. The highest BCUT2D eigenvalue weighted by atomic mass is 15.2. The second-order valence-electron chi connectivity index (χ2n) is 4.42. The molecule has 1 fully saturated rings. The third kappa shape index (κ3) is 2.59. The van der Waals surface area contributed by atoms with Crippen molar-refractivity contribution in [3.05, 3.63) is 29.8 Å². The minimum absolute atomic E-state index is 0.517. The Bertz CT molecular complexity index is 402. The number of hydrogen-bond acceptors (Lipinski definition) is 3. The van der Waals surface area contributed by atoms with Crippen molar-refractivity contribution >= 4 is 5.69 Å². The highest BCUT2D eigenvalue weighted by molar-refractivity contribution is 5.59. The predicted molar refractivity (Wildman–Crippen MR) is 70.1 cm³/mol. The molecule has 1 N–H and O–H groups in total. The molecule has 1 aliphatic rings. The first-order chi connectivity index (χ1) is 8.36. The molecule has 1 unspecified atom stereocenters. The zero-order valence-corrected chi connectivity index (χ0v) is 10.3. The van der Waals surface area contributed by atoms with E-state index in [0.717, 1.165) is 30.9 Å². The number of piperidine rings is 1. The third-order valence-electron chi connectivity index (χ3n) is 3.39. The van der Waals surface area contributed by atoms with Crippen molar-refractivity contribution < 1.29 is 0 Å². The molecule has 90 valence electrons. The van der Waals surface area contributed by atoms with E-state index in [1.807, 2.05) is 18.2 Å². The maximum atomic E-state index is 9.17. The van der Waals surface area contributed by atoms with E-state index in [2.05, 4.69) is 29.3 Å². The van der Waals surface area contributed by atoms with E-state index in [1.54, 1.807) is 0 Å². The summed E-state index contributed by atoms with van der Waals surface area (Å²) in [6.45, 7) is 5.25. The van der Waals surface area contributed by atoms with E-state index in [4.69, 9.17) is 5.26 Å². The van der Waals surface area contributed by atoms with E-state index in [9.17, 15) is 0 Å². The average Bonchev–Trinajstić information content (AvgIpc) is 2.41. The van der Waals surface area contributed by atoms with Crippen LogP contribution < -0.4 is 10.2 Å². The largest absolute Gasteiger partial charge is 0.366 e. The minimum atomic E-state index is 0.517. The van der Waals surface area contributed by atoms with Crippen molar-refractivity contribution in [3.63, 3.8) is 0 Å². The Morgan fingerprint density at radius 1 is 1.47 bits per heavy atom. The van der Waals surface area contributed by atoms with Gasteiger partial charge in [-0.05, 0) is 38.4 Å². The Labute approximate surface area is 103 Å². The lowest BCUT2D eigenvalue weighted by molar-refractivity contribution is 0.435. The molecular weight excluding hydrogens is 210 g/mol. The summed E-state index contributed by atoms with van der Waals surface area (Å²) in [6, 6.07) is 10.7. The number of nitriles is 1. The van der Waals surface area contributed by atoms with Crippen LogP contribution in [0.1, 0.15) is 25.3 Å². The second-order valence-corrected chi connectivity index (χ2v) is 4.42. The summed E-state index contributed by atoms with van der Waals surface area (Å²) in [5.74, 6) is 0. The van der Waals surface area contributed by atoms with Crippen molar-refractivity contribution in [1.82, 2.24) is 5.32 Å². The van der Waals surface area contributed by atoms with Gasteiger partial charge in [0.15, 0.2) is 0 Å². The number of hydrogen-bond donors (Lipinski definition) is 1. The number of benzene rings is 1. The van der Waals surface area contributed by atoms with E-state index in [1.165, 1.54) is 12.8 Å². The second kappa shape index (κ2) is 5.70. The average molecular weight is 229 g/mol. The van der Waals surface area contributed by atoms with E-state index in [0.29, 0.717) is 6.04 Å². The highest BCUT2D eigenvalue weighted by Gasteiger charge is 2.21. The number of nitrogens with one attached hydrogen (secondary N) is 1. The van der Waals surface area contributed by atoms with Crippen LogP contribution in [0.25, 0.3) is 0 Å². The molecule has 0 aliphatic carbocycles. The maximum Gasteiger partial charge on any atom is 0.101 e. The van der Waals surface area contributed by atoms with Gasteiger partial charge < -0.3 is 10.2 Å². The van der Waals surface area contributed by atoms with Crippen molar-refractivity contribution in [3.8, 4) is 6.07 Å². The third-order valence-corrected chi connectivity index (χ3v) is 3.39. The SMILES string of the molecule is CCN(c1ccccc1C#N)C1CCCNC1. The lowest BCUT2D eigenvalue weighted by Crippen LogP contribution is -2.46. The molecule has 1 atom stereocenters. The van der Waals surface area contributed by atoms with Crippen molar-refractivity contribution in [2.45, 2.75) is 25.8 Å². The molecular formula is C14H19N3. The van der Waals surface area contributed by atoms with Gasteiger partial charge in [0.2, 0.25) is 0 Å². The van der Waals surface area contributed by atoms with Crippen molar-refractivity contribution in [2.24, 2.45) is 0 Å². The topological polar surface area (TPSA) is 39.1 Å². The smallest absolute Gasteiger partial charge is 0.101 e. The van der Waals surface area contributed by atoms with Crippen LogP contribution in [0.4, 0.5) is 5.69 Å². The van der Waals surface area contributed by atoms with Gasteiger partial charge in [0, 0.05) is 19.1 Å². The number of para-hydroxylation sites is 1. The molecule has 0 aromatic heterocycles. The summed E-state index contributed by atoms with van der Waals surface area (Å²) in [4.78, 5) is 2.35. The zero-order valence-electron chi connectivity index (χ0n) is 10.3. The number of nitrogens with zero attached hydrogens (tertiary/aromatic N) is 2. The van der Waals surface area contributed by atoms with E-state index in [-0.39, 0.29) is 0 Å². The molecule has 3 nitrogen and oxygen atoms in total. The lowest BCUT2D eigenvalue weighted by Gasteiger charge is -2.36. The molecule has 3 heteroatoms. The Hall–Kier alpha value is -1.53. The number of anilines is 1. The van der Waals surface area contributed by atoms with E-state index < -0.39 is 0 Å². The van der Waals surface area contributed by atoms with Gasteiger partial charge in [-0.3, -0.25) is 0 Å². The fourth-order valence-corrected chi connectivity index (χ4v) is 2.54. The highest BCUT2D eigenvalue weighted by Crippen LogP contribution is 2.24.